The van der Waals surface area contributed by atoms with Crippen molar-refractivity contribution in [3.63, 3.8) is 0 Å². The third-order valence-corrected chi connectivity index (χ3v) is 7.37. The summed E-state index contributed by atoms with van der Waals surface area (Å²) in [5.41, 5.74) is 2.19. The molecule has 152 valence electrons. The van der Waals surface area contributed by atoms with E-state index in [1.165, 1.54) is 0 Å². The smallest absolute Gasteiger partial charge is 0.339 e. The Labute approximate surface area is 185 Å². The summed E-state index contributed by atoms with van der Waals surface area (Å²) in [5.74, 6) is 0.297. The van der Waals surface area contributed by atoms with Crippen LogP contribution in [0.2, 0.25) is 0 Å². The van der Waals surface area contributed by atoms with Crippen LogP contribution >= 0.6 is 11.3 Å². The minimum Gasteiger partial charge on any atom is -0.379 e. The maximum Gasteiger partial charge on any atom is 0.339 e. The molecule has 1 heterocycles. The molecule has 5 heteroatoms. The van der Waals surface area contributed by atoms with Crippen molar-refractivity contribution in [2.24, 2.45) is 0 Å². The summed E-state index contributed by atoms with van der Waals surface area (Å²) >= 11 is 1.65. The number of fused-ring (bicyclic) bond motifs is 3. The van der Waals surface area contributed by atoms with Crippen molar-refractivity contribution in [1.29, 1.82) is 0 Å². The lowest BCUT2D eigenvalue weighted by Gasteiger charge is -2.07. The minimum absolute atomic E-state index is 0.147. The maximum atomic E-state index is 12.8. The summed E-state index contributed by atoms with van der Waals surface area (Å²) in [6.45, 7) is 0. The van der Waals surface area contributed by atoms with Gasteiger partial charge in [-0.1, -0.05) is 66.7 Å². The summed E-state index contributed by atoms with van der Waals surface area (Å²) in [6.07, 6.45) is 4.14. The molecule has 0 unspecified atom stereocenters. The van der Waals surface area contributed by atoms with Crippen LogP contribution in [0, 0.1) is 0 Å². The molecule has 0 atom stereocenters. The lowest BCUT2D eigenvalue weighted by Crippen LogP contribution is -2.09. The van der Waals surface area contributed by atoms with Gasteiger partial charge in [-0.15, -0.1) is 11.3 Å². The SMILES string of the molecule is O=S(=O)(Oc1ccccc1)c1ccc2sc3ccc(/C=C/c4ccccc4)cc3c2c1. The summed E-state index contributed by atoms with van der Waals surface area (Å²) in [4.78, 5) is 0.147. The van der Waals surface area contributed by atoms with Crippen LogP contribution in [-0.2, 0) is 10.1 Å². The Bertz CT molecular complexity index is 1500. The number of rotatable bonds is 5. The molecule has 31 heavy (non-hydrogen) atoms. The Morgan fingerprint density at radius 3 is 2.00 bits per heavy atom. The Kier molecular flexibility index (Phi) is 5.06. The van der Waals surface area contributed by atoms with E-state index in [0.29, 0.717) is 5.75 Å². The monoisotopic (exact) mass is 442 g/mol. The van der Waals surface area contributed by atoms with E-state index in [2.05, 4.69) is 42.5 Å². The highest BCUT2D eigenvalue weighted by molar-refractivity contribution is 7.87. The molecule has 0 aliphatic heterocycles. The van der Waals surface area contributed by atoms with E-state index in [9.17, 15) is 8.42 Å². The van der Waals surface area contributed by atoms with E-state index in [0.717, 1.165) is 31.3 Å². The Balaban J connectivity index is 1.54. The molecule has 0 bridgehead atoms. The summed E-state index contributed by atoms with van der Waals surface area (Å²) in [5, 5.41) is 1.94. The highest BCUT2D eigenvalue weighted by atomic mass is 32.2. The Morgan fingerprint density at radius 2 is 1.26 bits per heavy atom. The summed E-state index contributed by atoms with van der Waals surface area (Å²) < 4.78 is 33.1. The summed E-state index contributed by atoms with van der Waals surface area (Å²) in [7, 11) is -3.92. The van der Waals surface area contributed by atoms with Crippen LogP contribution in [-0.4, -0.2) is 8.42 Å². The van der Waals surface area contributed by atoms with Crippen LogP contribution in [0.5, 0.6) is 5.75 Å². The zero-order chi connectivity index (χ0) is 21.3. The molecular weight excluding hydrogens is 424 g/mol. The topological polar surface area (TPSA) is 43.4 Å². The number of hydrogen-bond acceptors (Lipinski definition) is 4. The normalized spacial score (nSPS) is 12.0. The molecule has 5 aromatic rings. The second-order valence-electron chi connectivity index (χ2n) is 7.11. The highest BCUT2D eigenvalue weighted by Gasteiger charge is 2.18. The van der Waals surface area contributed by atoms with Gasteiger partial charge in [0.25, 0.3) is 0 Å². The second kappa shape index (κ2) is 8.02. The van der Waals surface area contributed by atoms with Gasteiger partial charge in [0.2, 0.25) is 0 Å². The molecular formula is C26H18O3S2. The van der Waals surface area contributed by atoms with Crippen LogP contribution in [0.1, 0.15) is 11.1 Å². The molecule has 5 rings (SSSR count). The molecule has 0 saturated carbocycles. The van der Waals surface area contributed by atoms with Crippen molar-refractivity contribution in [1.82, 2.24) is 0 Å². The van der Waals surface area contributed by atoms with Gasteiger partial charge in [0, 0.05) is 20.2 Å². The zero-order valence-electron chi connectivity index (χ0n) is 16.4. The van der Waals surface area contributed by atoms with Gasteiger partial charge in [0.15, 0.2) is 0 Å². The second-order valence-corrected chi connectivity index (χ2v) is 9.74. The lowest BCUT2D eigenvalue weighted by atomic mass is 10.1. The van der Waals surface area contributed by atoms with E-state index in [4.69, 9.17) is 4.18 Å². The van der Waals surface area contributed by atoms with E-state index in [1.807, 2.05) is 30.3 Å². The first kappa shape index (κ1) is 19.5. The molecule has 1 aromatic heterocycles. The van der Waals surface area contributed by atoms with Gasteiger partial charge < -0.3 is 4.18 Å². The molecule has 0 radical (unpaired) electrons. The molecule has 0 spiro atoms. The maximum absolute atomic E-state index is 12.8. The molecule has 0 N–H and O–H groups in total. The van der Waals surface area contributed by atoms with Gasteiger partial charge in [-0.05, 0) is 53.6 Å². The Morgan fingerprint density at radius 1 is 0.645 bits per heavy atom. The van der Waals surface area contributed by atoms with Crippen molar-refractivity contribution < 1.29 is 12.6 Å². The van der Waals surface area contributed by atoms with Gasteiger partial charge in [-0.3, -0.25) is 0 Å². The van der Waals surface area contributed by atoms with Crippen molar-refractivity contribution >= 4 is 53.8 Å². The first-order valence-corrected chi connectivity index (χ1v) is 12.0. The van der Waals surface area contributed by atoms with Crippen molar-refractivity contribution in [3.8, 4) is 5.75 Å². The van der Waals surface area contributed by atoms with Gasteiger partial charge in [0.05, 0.1) is 0 Å². The average Bonchev–Trinajstić information content (AvgIpc) is 3.16. The predicted octanol–water partition coefficient (Wildman–Crippen LogP) is 6.99. The number of hydrogen-bond donors (Lipinski definition) is 0. The molecule has 0 aliphatic carbocycles. The van der Waals surface area contributed by atoms with Gasteiger partial charge in [-0.2, -0.15) is 8.42 Å². The van der Waals surface area contributed by atoms with Gasteiger partial charge >= 0.3 is 10.1 Å². The fourth-order valence-corrected chi connectivity index (χ4v) is 5.47. The zero-order valence-corrected chi connectivity index (χ0v) is 18.1. The minimum atomic E-state index is -3.92. The van der Waals surface area contributed by atoms with Gasteiger partial charge in [-0.25, -0.2) is 0 Å². The van der Waals surface area contributed by atoms with E-state index in [-0.39, 0.29) is 4.90 Å². The summed E-state index contributed by atoms with van der Waals surface area (Å²) in [6, 6.07) is 30.1. The van der Waals surface area contributed by atoms with Gasteiger partial charge in [0.1, 0.15) is 10.6 Å². The third kappa shape index (κ3) is 4.10. The molecule has 0 fully saturated rings. The van der Waals surface area contributed by atoms with Crippen LogP contribution in [0.25, 0.3) is 32.3 Å². The number of para-hydroxylation sites is 1. The highest BCUT2D eigenvalue weighted by Crippen LogP contribution is 2.36. The van der Waals surface area contributed by atoms with E-state index in [1.54, 1.807) is 47.7 Å². The third-order valence-electron chi connectivity index (χ3n) is 4.97. The van der Waals surface area contributed by atoms with Crippen LogP contribution < -0.4 is 4.18 Å². The van der Waals surface area contributed by atoms with Crippen LogP contribution in [0.3, 0.4) is 0 Å². The first-order valence-electron chi connectivity index (χ1n) is 9.77. The molecule has 0 aliphatic rings. The first-order chi connectivity index (χ1) is 15.1. The van der Waals surface area contributed by atoms with Crippen molar-refractivity contribution in [2.75, 3.05) is 0 Å². The molecule has 4 aromatic carbocycles. The average molecular weight is 443 g/mol. The molecule has 0 saturated heterocycles. The van der Waals surface area contributed by atoms with Crippen molar-refractivity contribution in [2.45, 2.75) is 4.90 Å². The fourth-order valence-electron chi connectivity index (χ4n) is 3.44. The quantitative estimate of drug-likeness (QED) is 0.218. The lowest BCUT2D eigenvalue weighted by molar-refractivity contribution is 0.486. The fraction of sp³-hybridized carbons (Fsp3) is 0. The van der Waals surface area contributed by atoms with Crippen LogP contribution in [0.4, 0.5) is 0 Å². The van der Waals surface area contributed by atoms with E-state index < -0.39 is 10.1 Å². The van der Waals surface area contributed by atoms with Crippen LogP contribution in [0.15, 0.2) is 102 Å². The predicted molar refractivity (Wildman–Crippen MR) is 129 cm³/mol. The Hall–Kier alpha value is -3.41. The molecule has 0 amide bonds. The van der Waals surface area contributed by atoms with Crippen molar-refractivity contribution in [3.05, 3.63) is 108 Å². The van der Waals surface area contributed by atoms with E-state index >= 15 is 0 Å². The largest absolute Gasteiger partial charge is 0.379 e. The number of thiophene rings is 1. The standard InChI is InChI=1S/C26H18O3S2/c27-31(28,29-21-9-5-2-6-10-21)22-14-16-26-24(18-22)23-17-20(13-15-25(23)30-26)12-11-19-7-3-1-4-8-19/h1-18H/b12-11+. The molecule has 3 nitrogen and oxygen atoms in total. The number of benzene rings is 4.